The minimum atomic E-state index is -0.482. The summed E-state index contributed by atoms with van der Waals surface area (Å²) in [5.74, 6) is 1.30. The molecule has 1 aliphatic heterocycles. The number of hydrogen-bond donors (Lipinski definition) is 1. The number of piperidine rings is 1. The molecule has 0 unspecified atom stereocenters. The summed E-state index contributed by atoms with van der Waals surface area (Å²) >= 11 is 0. The quantitative estimate of drug-likeness (QED) is 0.850. The van der Waals surface area contributed by atoms with E-state index in [4.69, 9.17) is 4.74 Å². The summed E-state index contributed by atoms with van der Waals surface area (Å²) in [5.41, 5.74) is -0.482. The summed E-state index contributed by atoms with van der Waals surface area (Å²) < 4.78 is 5.33. The van der Waals surface area contributed by atoms with Gasteiger partial charge in [-0.05, 0) is 45.4 Å². The summed E-state index contributed by atoms with van der Waals surface area (Å²) in [6.07, 6.45) is 7.42. The van der Waals surface area contributed by atoms with Gasteiger partial charge >= 0.3 is 6.09 Å². The Morgan fingerprint density at radius 1 is 1.17 bits per heavy atom. The summed E-state index contributed by atoms with van der Waals surface area (Å²) in [6, 6.07) is 0.0822. The fourth-order valence-corrected chi connectivity index (χ4v) is 3.83. The first-order valence-corrected chi connectivity index (χ1v) is 9.52. The Labute approximate surface area is 146 Å². The molecule has 1 saturated heterocycles. The van der Waals surface area contributed by atoms with Crippen molar-refractivity contribution in [3.8, 4) is 0 Å². The monoisotopic (exact) mass is 338 g/mol. The van der Waals surface area contributed by atoms with Crippen LogP contribution in [0, 0.1) is 11.8 Å². The fourth-order valence-electron chi connectivity index (χ4n) is 3.83. The van der Waals surface area contributed by atoms with E-state index in [2.05, 4.69) is 12.2 Å². The summed E-state index contributed by atoms with van der Waals surface area (Å²) in [6.45, 7) is 9.14. The van der Waals surface area contributed by atoms with Crippen molar-refractivity contribution in [1.82, 2.24) is 10.2 Å². The highest BCUT2D eigenvalue weighted by molar-refractivity contribution is 5.76. The second-order valence-electron chi connectivity index (χ2n) is 8.55. The van der Waals surface area contributed by atoms with Crippen molar-refractivity contribution in [2.45, 2.75) is 84.3 Å². The topological polar surface area (TPSA) is 58.6 Å². The fraction of sp³-hybridized carbons (Fsp3) is 0.895. The number of ether oxygens (including phenoxy) is 1. The smallest absolute Gasteiger partial charge is 0.407 e. The lowest BCUT2D eigenvalue weighted by Crippen LogP contribution is -2.52. The predicted molar refractivity (Wildman–Crippen MR) is 94.7 cm³/mol. The molecule has 1 N–H and O–H groups in total. The van der Waals surface area contributed by atoms with E-state index in [0.717, 1.165) is 31.8 Å². The van der Waals surface area contributed by atoms with Gasteiger partial charge in [0.25, 0.3) is 0 Å². The molecule has 1 heterocycles. The van der Waals surface area contributed by atoms with Gasteiger partial charge < -0.3 is 15.0 Å². The lowest BCUT2D eigenvalue weighted by atomic mass is 9.93. The van der Waals surface area contributed by atoms with E-state index in [1.165, 1.54) is 25.7 Å². The zero-order chi connectivity index (χ0) is 17.7. The van der Waals surface area contributed by atoms with Crippen molar-refractivity contribution < 1.29 is 14.3 Å². The van der Waals surface area contributed by atoms with Crippen LogP contribution in [-0.4, -0.2) is 41.6 Å². The maximum absolute atomic E-state index is 12.4. The maximum atomic E-state index is 12.4. The first-order valence-electron chi connectivity index (χ1n) is 9.52. The van der Waals surface area contributed by atoms with E-state index < -0.39 is 5.60 Å². The average Bonchev–Trinajstić information content (AvgIpc) is 2.98. The third-order valence-corrected chi connectivity index (χ3v) is 5.20. The van der Waals surface area contributed by atoms with Gasteiger partial charge in [-0.2, -0.15) is 0 Å². The van der Waals surface area contributed by atoms with Gasteiger partial charge in [-0.25, -0.2) is 4.79 Å². The molecule has 0 radical (unpaired) electrons. The molecule has 5 heteroatoms. The van der Waals surface area contributed by atoms with Gasteiger partial charge in [-0.1, -0.05) is 32.6 Å². The minimum Gasteiger partial charge on any atom is -0.444 e. The Bertz CT molecular complexity index is 438. The highest BCUT2D eigenvalue weighted by atomic mass is 16.6. The molecule has 0 spiro atoms. The van der Waals surface area contributed by atoms with Crippen LogP contribution < -0.4 is 5.32 Å². The second-order valence-corrected chi connectivity index (χ2v) is 8.55. The molecule has 2 atom stereocenters. The minimum absolute atomic E-state index is 0.0822. The Hall–Kier alpha value is -1.26. The third kappa shape index (κ3) is 5.99. The molecule has 0 aromatic rings. The van der Waals surface area contributed by atoms with Crippen LogP contribution in [0.1, 0.15) is 72.6 Å². The molecule has 2 aliphatic rings. The number of carbonyl (C=O) groups is 2. The number of likely N-dealkylation sites (tertiary alicyclic amines) is 1. The predicted octanol–water partition coefficient (Wildman–Crippen LogP) is 3.72. The molecule has 0 bridgehead atoms. The van der Waals surface area contributed by atoms with Crippen molar-refractivity contribution in [2.75, 3.05) is 13.1 Å². The van der Waals surface area contributed by atoms with Crippen molar-refractivity contribution in [3.05, 3.63) is 0 Å². The van der Waals surface area contributed by atoms with E-state index in [0.29, 0.717) is 6.42 Å². The van der Waals surface area contributed by atoms with Crippen molar-refractivity contribution in [3.63, 3.8) is 0 Å². The molecule has 2 amide bonds. The zero-order valence-electron chi connectivity index (χ0n) is 15.8. The Balaban J connectivity index is 1.73. The highest BCUT2D eigenvalue weighted by Crippen LogP contribution is 2.29. The summed E-state index contributed by atoms with van der Waals surface area (Å²) in [5, 5.41) is 2.96. The van der Waals surface area contributed by atoms with Crippen LogP contribution >= 0.6 is 0 Å². The van der Waals surface area contributed by atoms with Gasteiger partial charge in [-0.15, -0.1) is 0 Å². The van der Waals surface area contributed by atoms with Gasteiger partial charge in [0, 0.05) is 25.6 Å². The Morgan fingerprint density at radius 3 is 2.42 bits per heavy atom. The van der Waals surface area contributed by atoms with Crippen LogP contribution in [0.3, 0.4) is 0 Å². The molecule has 2 rings (SSSR count). The van der Waals surface area contributed by atoms with Gasteiger partial charge in [0.1, 0.15) is 5.60 Å². The van der Waals surface area contributed by atoms with Gasteiger partial charge in [-0.3, -0.25) is 4.79 Å². The van der Waals surface area contributed by atoms with E-state index in [-0.39, 0.29) is 24.0 Å². The number of nitrogens with one attached hydrogen (secondary N) is 1. The van der Waals surface area contributed by atoms with Crippen LogP contribution in [0.2, 0.25) is 0 Å². The highest BCUT2D eigenvalue weighted by Gasteiger charge is 2.31. The van der Waals surface area contributed by atoms with Crippen LogP contribution in [0.15, 0.2) is 0 Å². The number of hydrogen-bond acceptors (Lipinski definition) is 3. The van der Waals surface area contributed by atoms with Crippen LogP contribution in [-0.2, 0) is 9.53 Å². The van der Waals surface area contributed by atoms with Crippen molar-refractivity contribution >= 4 is 12.0 Å². The van der Waals surface area contributed by atoms with Gasteiger partial charge in [0.15, 0.2) is 0 Å². The number of alkyl carbamates (subject to hydrolysis) is 1. The SMILES string of the molecule is C[C@@H]1CN(C(=O)CCC2CCCC2)CC[C@H]1NC(=O)OC(C)(C)C. The Kier molecular flexibility index (Phi) is 6.53. The lowest BCUT2D eigenvalue weighted by molar-refractivity contribution is -0.133. The molecular weight excluding hydrogens is 304 g/mol. The van der Waals surface area contributed by atoms with Gasteiger partial charge in [0.05, 0.1) is 0 Å². The number of rotatable bonds is 4. The van der Waals surface area contributed by atoms with Crippen LogP contribution in [0.25, 0.3) is 0 Å². The maximum Gasteiger partial charge on any atom is 0.407 e. The third-order valence-electron chi connectivity index (χ3n) is 5.20. The van der Waals surface area contributed by atoms with E-state index >= 15 is 0 Å². The molecule has 138 valence electrons. The van der Waals surface area contributed by atoms with Crippen LogP contribution in [0.5, 0.6) is 0 Å². The number of amides is 2. The molecule has 5 nitrogen and oxygen atoms in total. The molecule has 1 aliphatic carbocycles. The van der Waals surface area contributed by atoms with E-state index in [1.807, 2.05) is 25.7 Å². The van der Waals surface area contributed by atoms with Gasteiger partial charge in [0.2, 0.25) is 5.91 Å². The normalized spacial score (nSPS) is 25.6. The molecule has 2 fully saturated rings. The molecule has 0 aromatic carbocycles. The van der Waals surface area contributed by atoms with E-state index in [1.54, 1.807) is 0 Å². The number of nitrogens with zero attached hydrogens (tertiary/aromatic N) is 1. The number of carbonyl (C=O) groups excluding carboxylic acids is 2. The molecular formula is C19H34N2O3. The van der Waals surface area contributed by atoms with E-state index in [9.17, 15) is 9.59 Å². The summed E-state index contributed by atoms with van der Waals surface area (Å²) in [7, 11) is 0. The summed E-state index contributed by atoms with van der Waals surface area (Å²) in [4.78, 5) is 26.3. The standard InChI is InChI=1S/C19H34N2O3/c1-14-13-21(17(22)10-9-15-7-5-6-8-15)12-11-16(14)20-18(23)24-19(2,3)4/h14-16H,5-13H2,1-4H3,(H,20,23)/t14-,16-/m1/s1. The lowest BCUT2D eigenvalue weighted by Gasteiger charge is -2.37. The second kappa shape index (κ2) is 8.21. The van der Waals surface area contributed by atoms with Crippen molar-refractivity contribution in [1.29, 1.82) is 0 Å². The Morgan fingerprint density at radius 2 is 1.83 bits per heavy atom. The molecule has 0 aromatic heterocycles. The largest absolute Gasteiger partial charge is 0.444 e. The molecule has 24 heavy (non-hydrogen) atoms. The van der Waals surface area contributed by atoms with Crippen molar-refractivity contribution in [2.24, 2.45) is 11.8 Å². The first kappa shape index (κ1) is 19.1. The zero-order valence-corrected chi connectivity index (χ0v) is 15.8. The average molecular weight is 338 g/mol. The molecule has 1 saturated carbocycles. The van der Waals surface area contributed by atoms with Crippen LogP contribution in [0.4, 0.5) is 4.79 Å². The first-order chi connectivity index (χ1) is 11.2.